The Hall–Kier alpha value is -1.77. The lowest BCUT2D eigenvalue weighted by atomic mass is 9.78. The van der Waals surface area contributed by atoms with Crippen LogP contribution in [-0.2, 0) is 10.0 Å². The molecule has 0 aliphatic carbocycles. The van der Waals surface area contributed by atoms with Crippen LogP contribution in [0.3, 0.4) is 0 Å². The first kappa shape index (κ1) is 25.9. The number of piperidine rings is 2. The number of hydrogen-bond acceptors (Lipinski definition) is 5. The number of aromatic nitrogens is 3. The van der Waals surface area contributed by atoms with Gasteiger partial charge in [0.25, 0.3) is 0 Å². The van der Waals surface area contributed by atoms with Crippen LogP contribution in [0.25, 0.3) is 0 Å². The molecule has 7 nitrogen and oxygen atoms in total. The first-order chi connectivity index (χ1) is 17.2. The molecular weight excluding hydrogens is 470 g/mol. The van der Waals surface area contributed by atoms with Crippen LogP contribution < -0.4 is 0 Å². The van der Waals surface area contributed by atoms with Crippen LogP contribution >= 0.6 is 0 Å². The summed E-state index contributed by atoms with van der Waals surface area (Å²) in [5, 5.41) is 8.93. The minimum Gasteiger partial charge on any atom is -0.312 e. The van der Waals surface area contributed by atoms with Gasteiger partial charge in [-0.1, -0.05) is 44.2 Å². The summed E-state index contributed by atoms with van der Waals surface area (Å²) in [4.78, 5) is 2.81. The molecule has 2 aromatic rings. The number of rotatable bonds is 8. The van der Waals surface area contributed by atoms with Crippen molar-refractivity contribution in [3.8, 4) is 0 Å². The van der Waals surface area contributed by atoms with Crippen LogP contribution in [0.1, 0.15) is 93.9 Å². The fourth-order valence-electron chi connectivity index (χ4n) is 7.32. The third kappa shape index (κ3) is 5.27. The summed E-state index contributed by atoms with van der Waals surface area (Å²) < 4.78 is 28.2. The van der Waals surface area contributed by atoms with E-state index in [0.29, 0.717) is 49.0 Å². The van der Waals surface area contributed by atoms with Gasteiger partial charge in [-0.25, -0.2) is 12.7 Å². The molecule has 36 heavy (non-hydrogen) atoms. The summed E-state index contributed by atoms with van der Waals surface area (Å²) in [6.45, 7) is 8.97. The van der Waals surface area contributed by atoms with Gasteiger partial charge in [-0.2, -0.15) is 0 Å². The van der Waals surface area contributed by atoms with E-state index in [-0.39, 0.29) is 0 Å². The van der Waals surface area contributed by atoms with Crippen LogP contribution in [-0.4, -0.2) is 70.4 Å². The third-order valence-electron chi connectivity index (χ3n) is 9.10. The first-order valence-corrected chi connectivity index (χ1v) is 15.7. The molecule has 3 aliphatic heterocycles. The number of nitrogens with zero attached hydrogens (tertiary/aromatic N) is 5. The zero-order chi connectivity index (χ0) is 25.4. The van der Waals surface area contributed by atoms with E-state index in [0.717, 1.165) is 37.5 Å². The Morgan fingerprint density at radius 2 is 1.58 bits per heavy atom. The molecule has 4 heterocycles. The Morgan fingerprint density at radius 1 is 0.944 bits per heavy atom. The van der Waals surface area contributed by atoms with Gasteiger partial charge in [0.05, 0.1) is 6.26 Å². The van der Waals surface area contributed by atoms with Gasteiger partial charge in [0, 0.05) is 37.1 Å². The van der Waals surface area contributed by atoms with Crippen molar-refractivity contribution >= 4 is 10.0 Å². The van der Waals surface area contributed by atoms with Crippen molar-refractivity contribution < 1.29 is 8.42 Å². The van der Waals surface area contributed by atoms with E-state index in [1.165, 1.54) is 37.5 Å². The molecule has 0 amide bonds. The summed E-state index contributed by atoms with van der Waals surface area (Å²) in [7, 11) is -3.10. The lowest BCUT2D eigenvalue weighted by Crippen LogP contribution is -2.45. The Labute approximate surface area is 217 Å². The maximum atomic E-state index is 12.0. The van der Waals surface area contributed by atoms with Crippen molar-refractivity contribution in [1.29, 1.82) is 0 Å². The molecule has 3 fully saturated rings. The molecule has 0 saturated carbocycles. The lowest BCUT2D eigenvalue weighted by Gasteiger charge is -2.42. The van der Waals surface area contributed by atoms with Crippen molar-refractivity contribution in [2.45, 2.75) is 95.7 Å². The van der Waals surface area contributed by atoms with Crippen LogP contribution in [0.2, 0.25) is 0 Å². The topological polar surface area (TPSA) is 71.3 Å². The van der Waals surface area contributed by atoms with Crippen molar-refractivity contribution in [3.63, 3.8) is 0 Å². The molecule has 2 unspecified atom stereocenters. The molecule has 5 rings (SSSR count). The molecule has 3 atom stereocenters. The van der Waals surface area contributed by atoms with E-state index in [4.69, 9.17) is 0 Å². The number of aryl methyl sites for hydroxylation is 1. The van der Waals surface area contributed by atoms with Crippen molar-refractivity contribution in [3.05, 3.63) is 47.5 Å². The summed E-state index contributed by atoms with van der Waals surface area (Å²) in [6, 6.07) is 12.7. The molecule has 1 aromatic carbocycles. The van der Waals surface area contributed by atoms with E-state index in [1.807, 2.05) is 0 Å². The lowest BCUT2D eigenvalue weighted by molar-refractivity contribution is 0.0963. The predicted molar refractivity (Wildman–Crippen MR) is 144 cm³/mol. The molecule has 198 valence electrons. The zero-order valence-corrected chi connectivity index (χ0v) is 23.2. The van der Waals surface area contributed by atoms with Gasteiger partial charge in [-0.3, -0.25) is 4.90 Å². The van der Waals surface area contributed by atoms with Crippen LogP contribution in [0.4, 0.5) is 0 Å². The van der Waals surface area contributed by atoms with Crippen molar-refractivity contribution in [2.24, 2.45) is 5.92 Å². The number of sulfonamides is 1. The minimum absolute atomic E-state index is 0.391. The molecular formula is C28H43N5O2S. The summed E-state index contributed by atoms with van der Waals surface area (Å²) in [5.74, 6) is 3.60. The van der Waals surface area contributed by atoms with E-state index < -0.39 is 10.0 Å². The summed E-state index contributed by atoms with van der Waals surface area (Å²) in [6.07, 6.45) is 9.36. The molecule has 0 spiro atoms. The summed E-state index contributed by atoms with van der Waals surface area (Å²) >= 11 is 0. The van der Waals surface area contributed by atoms with Gasteiger partial charge in [-0.05, 0) is 75.8 Å². The van der Waals surface area contributed by atoms with E-state index >= 15 is 0 Å². The van der Waals surface area contributed by atoms with Gasteiger partial charge in [0.1, 0.15) is 11.6 Å². The van der Waals surface area contributed by atoms with E-state index in [9.17, 15) is 8.42 Å². The van der Waals surface area contributed by atoms with Gasteiger partial charge in [0.15, 0.2) is 0 Å². The second kappa shape index (κ2) is 10.5. The highest BCUT2D eigenvalue weighted by Crippen LogP contribution is 2.43. The molecule has 1 aromatic heterocycles. The molecule has 0 N–H and O–H groups in total. The maximum Gasteiger partial charge on any atom is 0.211 e. The maximum absolute atomic E-state index is 12.0. The van der Waals surface area contributed by atoms with E-state index in [2.05, 4.69) is 70.8 Å². The fourth-order valence-corrected chi connectivity index (χ4v) is 8.20. The average Bonchev–Trinajstić information content (AvgIpc) is 3.35. The Bertz CT molecular complexity index is 1110. The van der Waals surface area contributed by atoms with Crippen molar-refractivity contribution in [1.82, 2.24) is 24.0 Å². The third-order valence-corrected chi connectivity index (χ3v) is 10.4. The highest BCUT2D eigenvalue weighted by atomic mass is 32.2. The monoisotopic (exact) mass is 513 g/mol. The smallest absolute Gasteiger partial charge is 0.211 e. The first-order valence-electron chi connectivity index (χ1n) is 13.9. The molecule has 2 bridgehead atoms. The molecule has 8 heteroatoms. The SMILES string of the molecule is Cc1nnc(C(C)C)n1C1CC2CCC(C1)N2CC[C@H](c1ccccc1)C1CCN(S(C)(=O)=O)CC1. The number of hydrogen-bond donors (Lipinski definition) is 0. The standard InChI is InChI=1S/C28H43N5O2S/c1-20(2)28-30-29-21(3)33(28)26-18-24-10-11-25(19-26)32(24)17-14-27(22-8-6-5-7-9-22)23-12-15-31(16-13-23)36(4,34)35/h5-9,20,23-27H,10-19H2,1-4H3/t24?,25?,26?,27-/m1/s1. The minimum atomic E-state index is -3.10. The van der Waals surface area contributed by atoms with Crippen LogP contribution in [0.15, 0.2) is 30.3 Å². The summed E-state index contributed by atoms with van der Waals surface area (Å²) in [5.41, 5.74) is 1.42. The second-order valence-corrected chi connectivity index (χ2v) is 13.7. The fraction of sp³-hybridized carbons (Fsp3) is 0.714. The van der Waals surface area contributed by atoms with Crippen molar-refractivity contribution in [2.75, 3.05) is 25.9 Å². The predicted octanol–water partition coefficient (Wildman–Crippen LogP) is 4.72. The largest absolute Gasteiger partial charge is 0.312 e. The average molecular weight is 514 g/mol. The Morgan fingerprint density at radius 3 is 2.17 bits per heavy atom. The normalized spacial score (nSPS) is 27.1. The van der Waals surface area contributed by atoms with Crippen LogP contribution in [0.5, 0.6) is 0 Å². The van der Waals surface area contributed by atoms with Crippen LogP contribution in [0, 0.1) is 12.8 Å². The number of fused-ring (bicyclic) bond motifs is 2. The van der Waals surface area contributed by atoms with Gasteiger partial charge in [-0.15, -0.1) is 10.2 Å². The quantitative estimate of drug-likeness (QED) is 0.511. The number of benzene rings is 1. The molecule has 3 aliphatic rings. The molecule has 0 radical (unpaired) electrons. The Balaban J connectivity index is 1.27. The highest BCUT2D eigenvalue weighted by Gasteiger charge is 2.42. The van der Waals surface area contributed by atoms with Gasteiger partial charge >= 0.3 is 0 Å². The zero-order valence-electron chi connectivity index (χ0n) is 22.4. The second-order valence-electron chi connectivity index (χ2n) is 11.7. The highest BCUT2D eigenvalue weighted by molar-refractivity contribution is 7.88. The van der Waals surface area contributed by atoms with E-state index in [1.54, 1.807) is 4.31 Å². The van der Waals surface area contributed by atoms with Gasteiger partial charge in [0.2, 0.25) is 10.0 Å². The van der Waals surface area contributed by atoms with Gasteiger partial charge < -0.3 is 4.57 Å². The Kier molecular flexibility index (Phi) is 7.57. The molecule has 3 saturated heterocycles.